The van der Waals surface area contributed by atoms with Gasteiger partial charge >= 0.3 is 6.18 Å². The third-order valence-electron chi connectivity index (χ3n) is 5.78. The van der Waals surface area contributed by atoms with Gasteiger partial charge in [-0.05, 0) is 36.4 Å². The van der Waals surface area contributed by atoms with Crippen molar-refractivity contribution < 1.29 is 31.8 Å². The average Bonchev–Trinajstić information content (AvgIpc) is 3.33. The Morgan fingerprint density at radius 1 is 1.00 bits per heavy atom. The fourth-order valence-corrected chi connectivity index (χ4v) is 4.14. The van der Waals surface area contributed by atoms with E-state index < -0.39 is 34.1 Å². The molecule has 3 aromatic rings. The second kappa shape index (κ2) is 8.88. The number of carbonyl (C=O) groups excluding carboxylic acids is 1. The van der Waals surface area contributed by atoms with Crippen molar-refractivity contribution in [3.8, 4) is 22.8 Å². The van der Waals surface area contributed by atoms with Gasteiger partial charge < -0.3 is 19.3 Å². The molecule has 0 N–H and O–H groups in total. The molecular weight excluding hydrogens is 492 g/mol. The quantitative estimate of drug-likeness (QED) is 0.480. The number of hydrogen-bond acceptors (Lipinski definition) is 6. The number of hydrogen-bond donors (Lipinski definition) is 0. The van der Waals surface area contributed by atoms with Crippen LogP contribution in [0, 0.1) is 5.82 Å². The molecule has 1 amide bonds. The van der Waals surface area contributed by atoms with Crippen molar-refractivity contribution in [3.05, 3.63) is 64.6 Å². The maximum Gasteiger partial charge on any atom is 0.417 e. The summed E-state index contributed by atoms with van der Waals surface area (Å²) in [7, 11) is 0. The van der Waals surface area contributed by atoms with Gasteiger partial charge in [-0.25, -0.2) is 14.4 Å². The SMILES string of the molecule is O=C(c1c(C(F)(F)F)ccc(Cl)c1F)N1CCN(c2nccc(-c3ccc4c(c3)OCO4)n2)CC1. The molecule has 0 radical (unpaired) electrons. The molecule has 0 unspecified atom stereocenters. The molecule has 2 aliphatic heterocycles. The molecule has 0 spiro atoms. The van der Waals surface area contributed by atoms with Crippen molar-refractivity contribution in [1.29, 1.82) is 0 Å². The minimum absolute atomic E-state index is 0.0553. The van der Waals surface area contributed by atoms with E-state index in [1.807, 2.05) is 12.1 Å². The zero-order valence-electron chi connectivity index (χ0n) is 18.0. The van der Waals surface area contributed by atoms with Gasteiger partial charge in [0.15, 0.2) is 17.3 Å². The van der Waals surface area contributed by atoms with Gasteiger partial charge in [0.1, 0.15) is 0 Å². The highest BCUT2D eigenvalue weighted by Crippen LogP contribution is 2.37. The minimum atomic E-state index is -4.90. The average molecular weight is 509 g/mol. The predicted molar refractivity (Wildman–Crippen MR) is 118 cm³/mol. The Kier molecular flexibility index (Phi) is 5.87. The molecule has 2 aromatic carbocycles. The Hall–Kier alpha value is -3.60. The van der Waals surface area contributed by atoms with Crippen LogP contribution in [-0.4, -0.2) is 53.7 Å². The third-order valence-corrected chi connectivity index (χ3v) is 6.07. The Morgan fingerprint density at radius 2 is 1.74 bits per heavy atom. The number of anilines is 1. The topological polar surface area (TPSA) is 67.8 Å². The Bertz CT molecular complexity index is 1300. The molecule has 1 saturated heterocycles. The summed E-state index contributed by atoms with van der Waals surface area (Å²) in [5.41, 5.74) is -0.989. The highest BCUT2D eigenvalue weighted by molar-refractivity contribution is 6.31. The van der Waals surface area contributed by atoms with Crippen LogP contribution in [0.2, 0.25) is 5.02 Å². The van der Waals surface area contributed by atoms with Gasteiger partial charge in [-0.3, -0.25) is 4.79 Å². The molecule has 35 heavy (non-hydrogen) atoms. The molecule has 1 aromatic heterocycles. The van der Waals surface area contributed by atoms with Gasteiger partial charge in [-0.1, -0.05) is 11.6 Å². The summed E-state index contributed by atoms with van der Waals surface area (Å²) in [5, 5.41) is -0.547. The van der Waals surface area contributed by atoms with E-state index >= 15 is 0 Å². The smallest absolute Gasteiger partial charge is 0.417 e. The molecule has 0 aliphatic carbocycles. The number of alkyl halides is 3. The summed E-state index contributed by atoms with van der Waals surface area (Å²) in [6.45, 7) is 0.763. The first kappa shape index (κ1) is 23.2. The third kappa shape index (κ3) is 4.43. The lowest BCUT2D eigenvalue weighted by Crippen LogP contribution is -2.49. The van der Waals surface area contributed by atoms with Crippen molar-refractivity contribution in [3.63, 3.8) is 0 Å². The van der Waals surface area contributed by atoms with Crippen molar-refractivity contribution in [1.82, 2.24) is 14.9 Å². The van der Waals surface area contributed by atoms with Crippen LogP contribution in [0.5, 0.6) is 11.5 Å². The van der Waals surface area contributed by atoms with Crippen molar-refractivity contribution in [2.45, 2.75) is 6.18 Å². The van der Waals surface area contributed by atoms with Crippen molar-refractivity contribution >= 4 is 23.5 Å². The maximum atomic E-state index is 14.5. The van der Waals surface area contributed by atoms with Crippen molar-refractivity contribution in [2.24, 2.45) is 0 Å². The monoisotopic (exact) mass is 508 g/mol. The number of carbonyl (C=O) groups is 1. The highest BCUT2D eigenvalue weighted by atomic mass is 35.5. The van der Waals surface area contributed by atoms with E-state index in [1.54, 1.807) is 23.2 Å². The van der Waals surface area contributed by atoms with Gasteiger partial charge in [0, 0.05) is 37.9 Å². The molecule has 5 rings (SSSR count). The van der Waals surface area contributed by atoms with E-state index in [0.29, 0.717) is 29.2 Å². The number of rotatable bonds is 3. The van der Waals surface area contributed by atoms with Crippen LogP contribution >= 0.6 is 11.6 Å². The lowest BCUT2D eigenvalue weighted by atomic mass is 10.0. The van der Waals surface area contributed by atoms with Gasteiger partial charge in [0.05, 0.1) is 21.8 Å². The second-order valence-electron chi connectivity index (χ2n) is 7.87. The lowest BCUT2D eigenvalue weighted by molar-refractivity contribution is -0.138. The highest BCUT2D eigenvalue weighted by Gasteiger charge is 2.39. The van der Waals surface area contributed by atoms with E-state index in [2.05, 4.69) is 9.97 Å². The fourth-order valence-electron chi connectivity index (χ4n) is 3.98. The first-order valence-corrected chi connectivity index (χ1v) is 10.9. The van der Waals surface area contributed by atoms with Crippen LogP contribution in [0.1, 0.15) is 15.9 Å². The largest absolute Gasteiger partial charge is 0.454 e. The number of nitrogens with zero attached hydrogens (tertiary/aromatic N) is 4. The summed E-state index contributed by atoms with van der Waals surface area (Å²) in [4.78, 5) is 24.7. The number of ether oxygens (including phenoxy) is 2. The molecule has 12 heteroatoms. The summed E-state index contributed by atoms with van der Waals surface area (Å²) < 4.78 is 65.4. The summed E-state index contributed by atoms with van der Waals surface area (Å²) in [6, 6.07) is 8.58. The first-order chi connectivity index (χ1) is 16.7. The van der Waals surface area contributed by atoms with Gasteiger partial charge in [0.2, 0.25) is 12.7 Å². The van der Waals surface area contributed by atoms with Crippen molar-refractivity contribution in [2.75, 3.05) is 37.9 Å². The molecule has 3 heterocycles. The zero-order chi connectivity index (χ0) is 24.7. The summed E-state index contributed by atoms with van der Waals surface area (Å²) >= 11 is 5.67. The Balaban J connectivity index is 1.33. The number of aromatic nitrogens is 2. The van der Waals surface area contributed by atoms with Crippen LogP contribution in [0.15, 0.2) is 42.6 Å². The van der Waals surface area contributed by atoms with Crippen LogP contribution in [0.3, 0.4) is 0 Å². The molecule has 0 atom stereocenters. The van der Waals surface area contributed by atoms with Crippen LogP contribution in [0.4, 0.5) is 23.5 Å². The molecule has 1 fully saturated rings. The summed E-state index contributed by atoms with van der Waals surface area (Å²) in [6.07, 6.45) is -3.31. The maximum absolute atomic E-state index is 14.5. The normalized spacial score (nSPS) is 15.5. The standard InChI is InChI=1S/C23H17ClF4N4O3/c24-15-3-2-14(23(26,27)28)19(20(15)25)21(33)31-7-9-32(10-8-31)22-29-6-5-16(30-22)13-1-4-17-18(11-13)35-12-34-17/h1-6,11H,7-10,12H2. The van der Waals surface area contributed by atoms with Crippen LogP contribution < -0.4 is 14.4 Å². The molecular formula is C23H17ClF4N4O3. The van der Waals surface area contributed by atoms with Gasteiger partial charge in [0.25, 0.3) is 5.91 Å². The van der Waals surface area contributed by atoms with E-state index in [4.69, 9.17) is 21.1 Å². The van der Waals surface area contributed by atoms with E-state index in [0.717, 1.165) is 11.6 Å². The number of fused-ring (bicyclic) bond motifs is 1. The Labute approximate surface area is 201 Å². The van der Waals surface area contributed by atoms with Crippen LogP contribution in [0.25, 0.3) is 11.3 Å². The first-order valence-electron chi connectivity index (χ1n) is 10.5. The van der Waals surface area contributed by atoms with E-state index in [9.17, 15) is 22.4 Å². The number of amides is 1. The molecule has 2 aliphatic rings. The number of halogens is 5. The van der Waals surface area contributed by atoms with Gasteiger partial charge in [-0.15, -0.1) is 0 Å². The summed E-state index contributed by atoms with van der Waals surface area (Å²) in [5.74, 6) is -0.784. The van der Waals surface area contributed by atoms with Crippen LogP contribution in [-0.2, 0) is 6.18 Å². The molecule has 0 bridgehead atoms. The fraction of sp³-hybridized carbons (Fsp3) is 0.261. The minimum Gasteiger partial charge on any atom is -0.454 e. The van der Waals surface area contributed by atoms with Gasteiger partial charge in [-0.2, -0.15) is 13.2 Å². The molecule has 0 saturated carbocycles. The predicted octanol–water partition coefficient (Wildman–Crippen LogP) is 4.65. The molecule has 182 valence electrons. The lowest BCUT2D eigenvalue weighted by Gasteiger charge is -2.35. The second-order valence-corrected chi connectivity index (χ2v) is 8.28. The Morgan fingerprint density at radius 3 is 2.49 bits per heavy atom. The molecule has 7 nitrogen and oxygen atoms in total. The zero-order valence-corrected chi connectivity index (χ0v) is 18.7. The number of benzene rings is 2. The van der Waals surface area contributed by atoms with E-state index in [-0.39, 0.29) is 33.0 Å². The van der Waals surface area contributed by atoms with E-state index in [1.165, 1.54) is 4.90 Å². The number of piperazine rings is 1.